The molecule has 8 rings (SSSR count). The molecule has 11 heteroatoms. The summed E-state index contributed by atoms with van der Waals surface area (Å²) < 4.78 is 25.0. The van der Waals surface area contributed by atoms with Gasteiger partial charge in [0.1, 0.15) is 11.6 Å². The van der Waals surface area contributed by atoms with E-state index in [1.54, 1.807) is 17.7 Å². The first-order valence-electron chi connectivity index (χ1n) is 19.5. The first-order valence-corrected chi connectivity index (χ1v) is 19.5. The highest BCUT2D eigenvalue weighted by Gasteiger charge is 2.32. The predicted molar refractivity (Wildman–Crippen MR) is 215 cm³/mol. The zero-order valence-electron chi connectivity index (χ0n) is 31.3. The number of morpholine rings is 1. The summed E-state index contributed by atoms with van der Waals surface area (Å²) in [4.78, 5) is 41.1. The second-order valence-electron chi connectivity index (χ2n) is 14.2. The summed E-state index contributed by atoms with van der Waals surface area (Å²) in [6.45, 7) is 4.85. The Morgan fingerprint density at radius 2 is 1.53 bits per heavy atom. The number of hydrogen-bond acceptors (Lipinski definition) is 9. The Balaban J connectivity index is 0.841. The fraction of sp³-hybridized carbons (Fsp3) is 0.364. The molecule has 0 aliphatic carbocycles. The molecule has 1 atom stereocenters. The van der Waals surface area contributed by atoms with Crippen molar-refractivity contribution in [2.45, 2.75) is 51.0 Å². The van der Waals surface area contributed by atoms with Crippen LogP contribution in [0.2, 0.25) is 0 Å². The summed E-state index contributed by atoms with van der Waals surface area (Å²) in [5.74, 6) is 2.53. The van der Waals surface area contributed by atoms with Gasteiger partial charge in [0.15, 0.2) is 11.5 Å². The van der Waals surface area contributed by atoms with Gasteiger partial charge in [-0.3, -0.25) is 19.1 Å². The van der Waals surface area contributed by atoms with Gasteiger partial charge in [0.05, 0.1) is 67.4 Å². The van der Waals surface area contributed by atoms with E-state index in [4.69, 9.17) is 23.9 Å². The molecule has 0 saturated carbocycles. The molecular weight excluding hydrogens is 695 g/mol. The molecule has 55 heavy (non-hydrogen) atoms. The zero-order chi connectivity index (χ0) is 37.6. The molecule has 0 N–H and O–H groups in total. The van der Waals surface area contributed by atoms with E-state index in [1.807, 2.05) is 90.0 Å². The van der Waals surface area contributed by atoms with Gasteiger partial charge in [0, 0.05) is 43.2 Å². The SMILES string of the molecule is COc1cc2c(cc1OCCCCCCCOc1ccc(-n3c(-c4ccccc4)nc4ccc(N5CCOCC5)cc4c3=O)cc1)N=C[C@@H]1CCCN1C2=O. The molecule has 4 heterocycles. The number of nitrogens with zero attached hydrogens (tertiary/aromatic N) is 5. The van der Waals surface area contributed by atoms with Crippen molar-refractivity contribution < 1.29 is 23.7 Å². The molecule has 2 saturated heterocycles. The summed E-state index contributed by atoms with van der Waals surface area (Å²) in [5, 5.41) is 0.580. The number of carbonyl (C=O) groups is 1. The molecule has 284 valence electrons. The molecule has 0 spiro atoms. The maximum Gasteiger partial charge on any atom is 0.266 e. The Morgan fingerprint density at radius 3 is 2.31 bits per heavy atom. The van der Waals surface area contributed by atoms with Crippen LogP contribution >= 0.6 is 0 Å². The van der Waals surface area contributed by atoms with Crippen molar-refractivity contribution in [2.75, 3.05) is 58.1 Å². The smallest absolute Gasteiger partial charge is 0.266 e. The molecule has 3 aliphatic rings. The number of aliphatic imine (C=N–C) groups is 1. The van der Waals surface area contributed by atoms with Crippen LogP contribution in [0.4, 0.5) is 11.4 Å². The van der Waals surface area contributed by atoms with Crippen LogP contribution in [0.15, 0.2) is 94.7 Å². The van der Waals surface area contributed by atoms with Crippen molar-refractivity contribution in [3.05, 3.63) is 101 Å². The summed E-state index contributed by atoms with van der Waals surface area (Å²) in [6.07, 6.45) is 8.82. The molecular formula is C44H47N5O6. The Hall–Kier alpha value is -5.68. The fourth-order valence-corrected chi connectivity index (χ4v) is 7.63. The van der Waals surface area contributed by atoms with Crippen LogP contribution in [-0.4, -0.2) is 85.8 Å². The molecule has 0 unspecified atom stereocenters. The number of benzene rings is 4. The second-order valence-corrected chi connectivity index (χ2v) is 14.2. The summed E-state index contributed by atoms with van der Waals surface area (Å²) in [6, 6.07) is 27.1. The lowest BCUT2D eigenvalue weighted by Crippen LogP contribution is -2.36. The van der Waals surface area contributed by atoms with Crippen LogP contribution in [0.1, 0.15) is 55.3 Å². The predicted octanol–water partition coefficient (Wildman–Crippen LogP) is 7.63. The molecule has 0 bridgehead atoms. The third-order valence-corrected chi connectivity index (χ3v) is 10.6. The second kappa shape index (κ2) is 16.8. The van der Waals surface area contributed by atoms with Gasteiger partial charge < -0.3 is 28.7 Å². The normalized spacial score (nSPS) is 16.5. The van der Waals surface area contributed by atoms with E-state index in [2.05, 4.69) is 9.89 Å². The van der Waals surface area contributed by atoms with E-state index in [-0.39, 0.29) is 17.5 Å². The molecule has 1 aromatic heterocycles. The third kappa shape index (κ3) is 7.93. The number of unbranched alkanes of at least 4 members (excludes halogenated alkanes) is 4. The molecule has 2 fully saturated rings. The minimum atomic E-state index is -0.110. The monoisotopic (exact) mass is 741 g/mol. The third-order valence-electron chi connectivity index (χ3n) is 10.6. The lowest BCUT2D eigenvalue weighted by Gasteiger charge is -2.29. The minimum absolute atomic E-state index is 0.00660. The maximum absolute atomic E-state index is 14.2. The number of methoxy groups -OCH3 is 1. The number of carbonyl (C=O) groups excluding carboxylic acids is 1. The van der Waals surface area contributed by atoms with E-state index in [0.717, 1.165) is 87.3 Å². The van der Waals surface area contributed by atoms with Gasteiger partial charge in [-0.05, 0) is 74.2 Å². The van der Waals surface area contributed by atoms with E-state index < -0.39 is 0 Å². The Labute approximate surface area is 321 Å². The standard InChI is InChI=1S/C44H47N5O6/c1-52-40-28-37-39(45-30-34-13-10-20-48(34)43(37)50)29-41(40)55-24-9-4-2-3-8-23-54-35-17-14-32(15-18-35)49-42(31-11-6-5-7-12-31)46-38-19-16-33(27-36(38)44(49)51)47-21-25-53-26-22-47/h5-7,11-12,14-19,27-30,34H,2-4,8-10,13,20-26H2,1H3/t34-/m0/s1. The lowest BCUT2D eigenvalue weighted by molar-refractivity contribution is 0.0774. The number of fused-ring (bicyclic) bond motifs is 3. The van der Waals surface area contributed by atoms with Crippen molar-refractivity contribution in [2.24, 2.45) is 4.99 Å². The molecule has 4 aromatic carbocycles. The lowest BCUT2D eigenvalue weighted by atomic mass is 10.1. The average Bonchev–Trinajstić information content (AvgIpc) is 3.67. The summed E-state index contributed by atoms with van der Waals surface area (Å²) >= 11 is 0. The van der Waals surface area contributed by atoms with Crippen molar-refractivity contribution in [1.82, 2.24) is 14.5 Å². The Morgan fingerprint density at radius 1 is 0.782 bits per heavy atom. The van der Waals surface area contributed by atoms with Crippen LogP contribution in [0, 0.1) is 0 Å². The van der Waals surface area contributed by atoms with Crippen molar-refractivity contribution in [1.29, 1.82) is 0 Å². The highest BCUT2D eigenvalue weighted by Crippen LogP contribution is 2.38. The first kappa shape index (κ1) is 36.3. The zero-order valence-corrected chi connectivity index (χ0v) is 31.3. The van der Waals surface area contributed by atoms with E-state index >= 15 is 0 Å². The Kier molecular flexibility index (Phi) is 11.1. The average molecular weight is 742 g/mol. The van der Waals surface area contributed by atoms with E-state index in [9.17, 15) is 9.59 Å². The topological polar surface area (TPSA) is 108 Å². The maximum atomic E-state index is 14.2. The fourth-order valence-electron chi connectivity index (χ4n) is 7.63. The number of rotatable bonds is 14. The van der Waals surface area contributed by atoms with E-state index in [1.165, 1.54) is 0 Å². The van der Waals surface area contributed by atoms with Crippen LogP contribution in [0.5, 0.6) is 17.2 Å². The van der Waals surface area contributed by atoms with Gasteiger partial charge >= 0.3 is 0 Å². The largest absolute Gasteiger partial charge is 0.494 e. The van der Waals surface area contributed by atoms with E-state index in [0.29, 0.717) is 65.9 Å². The molecule has 11 nitrogen and oxygen atoms in total. The van der Waals surface area contributed by atoms with Crippen molar-refractivity contribution in [3.63, 3.8) is 0 Å². The minimum Gasteiger partial charge on any atom is -0.494 e. The summed E-state index contributed by atoms with van der Waals surface area (Å²) in [5.41, 5.74) is 4.37. The number of anilines is 1. The number of hydrogen-bond donors (Lipinski definition) is 0. The molecule has 0 radical (unpaired) electrons. The highest BCUT2D eigenvalue weighted by molar-refractivity contribution is 6.03. The number of amides is 1. The van der Waals surface area contributed by atoms with Crippen LogP contribution < -0.4 is 24.7 Å². The molecule has 3 aliphatic heterocycles. The quantitative estimate of drug-likeness (QED) is 0.107. The van der Waals surface area contributed by atoms with Crippen LogP contribution in [0.25, 0.3) is 28.0 Å². The van der Waals surface area contributed by atoms with Crippen molar-refractivity contribution >= 4 is 34.4 Å². The number of aromatic nitrogens is 2. The van der Waals surface area contributed by atoms with Gasteiger partial charge in [0.2, 0.25) is 0 Å². The first-order chi connectivity index (χ1) is 27.1. The van der Waals surface area contributed by atoms with Gasteiger partial charge in [0.25, 0.3) is 11.5 Å². The molecule has 5 aromatic rings. The van der Waals surface area contributed by atoms with Gasteiger partial charge in [-0.2, -0.15) is 0 Å². The summed E-state index contributed by atoms with van der Waals surface area (Å²) in [7, 11) is 1.60. The van der Waals surface area contributed by atoms with Crippen molar-refractivity contribution in [3.8, 4) is 34.3 Å². The van der Waals surface area contributed by atoms with Crippen LogP contribution in [0.3, 0.4) is 0 Å². The van der Waals surface area contributed by atoms with Gasteiger partial charge in [-0.1, -0.05) is 49.6 Å². The molecule has 1 amide bonds. The van der Waals surface area contributed by atoms with Gasteiger partial charge in [-0.25, -0.2) is 4.98 Å². The van der Waals surface area contributed by atoms with Gasteiger partial charge in [-0.15, -0.1) is 0 Å². The Bertz CT molecular complexity index is 2220. The number of ether oxygens (including phenoxy) is 4. The highest BCUT2D eigenvalue weighted by atomic mass is 16.5. The van der Waals surface area contributed by atoms with Crippen LogP contribution in [-0.2, 0) is 4.74 Å².